The maximum Gasteiger partial charge on any atom is 0.246 e. The summed E-state index contributed by atoms with van der Waals surface area (Å²) in [4.78, 5) is 16.8. The van der Waals surface area contributed by atoms with Crippen molar-refractivity contribution in [3.05, 3.63) is 29.8 Å². The lowest BCUT2D eigenvalue weighted by Gasteiger charge is -2.36. The average molecular weight is 360 g/mol. The summed E-state index contributed by atoms with van der Waals surface area (Å²) in [6.45, 7) is 10.5. The summed E-state index contributed by atoms with van der Waals surface area (Å²) < 4.78 is 5.45. The Morgan fingerprint density at radius 2 is 2.04 bits per heavy atom. The summed E-state index contributed by atoms with van der Waals surface area (Å²) in [5.41, 5.74) is 2.65. The van der Waals surface area contributed by atoms with Crippen LogP contribution in [0.4, 0.5) is 5.69 Å². The van der Waals surface area contributed by atoms with Crippen LogP contribution in [0.1, 0.15) is 31.7 Å². The molecule has 1 atom stereocenters. The van der Waals surface area contributed by atoms with Crippen molar-refractivity contribution in [3.8, 4) is 0 Å². The summed E-state index contributed by atoms with van der Waals surface area (Å²) in [5.74, 6) is 0.723. The molecule has 5 nitrogen and oxygen atoms in total. The zero-order chi connectivity index (χ0) is 18.4. The molecule has 1 aromatic rings. The van der Waals surface area contributed by atoms with Crippen LogP contribution in [-0.4, -0.2) is 62.8 Å². The van der Waals surface area contributed by atoms with Crippen LogP contribution < -0.4 is 10.2 Å². The lowest BCUT2D eigenvalue weighted by atomic mass is 10.1. The van der Waals surface area contributed by atoms with Gasteiger partial charge in [-0.15, -0.1) is 0 Å². The molecule has 5 heteroatoms. The summed E-state index contributed by atoms with van der Waals surface area (Å²) >= 11 is 0. The van der Waals surface area contributed by atoms with E-state index in [4.69, 9.17) is 4.74 Å². The summed E-state index contributed by atoms with van der Waals surface area (Å²) in [5, 5.41) is 3.05. The third-order valence-corrected chi connectivity index (χ3v) is 5.31. The summed E-state index contributed by atoms with van der Waals surface area (Å²) in [7, 11) is 0. The first-order chi connectivity index (χ1) is 12.6. The highest BCUT2D eigenvalue weighted by atomic mass is 16.5. The first kappa shape index (κ1) is 19.2. The van der Waals surface area contributed by atoms with E-state index in [1.54, 1.807) is 0 Å². The molecule has 144 valence electrons. The Bertz CT molecular complexity index is 580. The van der Waals surface area contributed by atoms with Gasteiger partial charge in [0.25, 0.3) is 0 Å². The van der Waals surface area contributed by atoms with Gasteiger partial charge in [0.15, 0.2) is 0 Å². The number of nitrogens with one attached hydrogen (secondary N) is 1. The van der Waals surface area contributed by atoms with Crippen molar-refractivity contribution in [2.75, 3.05) is 50.8 Å². The molecular formula is C21H33N3O2. The number of carbonyl (C=O) groups excluding carboxylic acids is 1. The number of carbonyl (C=O) groups is 1. The highest BCUT2D eigenvalue weighted by Gasteiger charge is 2.22. The molecule has 0 radical (unpaired) electrons. The van der Waals surface area contributed by atoms with E-state index in [0.717, 1.165) is 45.8 Å². The molecule has 0 aromatic heterocycles. The van der Waals surface area contributed by atoms with E-state index < -0.39 is 0 Å². The number of amides is 1. The van der Waals surface area contributed by atoms with E-state index in [0.29, 0.717) is 5.92 Å². The molecule has 0 spiro atoms. The van der Waals surface area contributed by atoms with Gasteiger partial charge in [0, 0.05) is 44.5 Å². The van der Waals surface area contributed by atoms with Gasteiger partial charge in [0.2, 0.25) is 5.91 Å². The smallest absolute Gasteiger partial charge is 0.246 e. The Morgan fingerprint density at radius 1 is 1.27 bits per heavy atom. The molecule has 1 unspecified atom stereocenters. The second kappa shape index (κ2) is 9.38. The molecule has 1 aliphatic carbocycles. The van der Waals surface area contributed by atoms with Crippen LogP contribution in [-0.2, 0) is 9.53 Å². The Kier molecular flexibility index (Phi) is 6.92. The Hall–Kier alpha value is -1.59. The van der Waals surface area contributed by atoms with Crippen LogP contribution in [0.2, 0.25) is 0 Å². The van der Waals surface area contributed by atoms with Crippen molar-refractivity contribution >= 4 is 11.6 Å². The van der Waals surface area contributed by atoms with E-state index in [2.05, 4.69) is 53.2 Å². The SMILES string of the molecule is Cc1cccc(N2CCN(CCC(C)NC(=O)COCC3CC3)CC2)c1. The zero-order valence-corrected chi connectivity index (χ0v) is 16.2. The van der Waals surface area contributed by atoms with Gasteiger partial charge in [-0.25, -0.2) is 0 Å². The molecule has 1 heterocycles. The highest BCUT2D eigenvalue weighted by Crippen LogP contribution is 2.28. The molecule has 1 amide bonds. The number of ether oxygens (including phenoxy) is 1. The number of anilines is 1. The van der Waals surface area contributed by atoms with E-state index in [-0.39, 0.29) is 18.6 Å². The fraction of sp³-hybridized carbons (Fsp3) is 0.667. The number of hydrogen-bond acceptors (Lipinski definition) is 4. The van der Waals surface area contributed by atoms with Crippen molar-refractivity contribution in [1.29, 1.82) is 0 Å². The topological polar surface area (TPSA) is 44.8 Å². The maximum atomic E-state index is 11.9. The van der Waals surface area contributed by atoms with Crippen LogP contribution in [0.25, 0.3) is 0 Å². The fourth-order valence-corrected chi connectivity index (χ4v) is 3.42. The average Bonchev–Trinajstić information content (AvgIpc) is 3.45. The van der Waals surface area contributed by atoms with E-state index in [1.807, 2.05) is 0 Å². The van der Waals surface area contributed by atoms with Crippen molar-refractivity contribution in [3.63, 3.8) is 0 Å². The van der Waals surface area contributed by atoms with Gasteiger partial charge >= 0.3 is 0 Å². The van der Waals surface area contributed by atoms with E-state index in [9.17, 15) is 4.79 Å². The molecule has 2 fully saturated rings. The number of piperazine rings is 1. The molecule has 26 heavy (non-hydrogen) atoms. The number of hydrogen-bond donors (Lipinski definition) is 1. The van der Waals surface area contributed by atoms with Crippen LogP contribution >= 0.6 is 0 Å². The molecule has 1 aliphatic heterocycles. The third-order valence-electron chi connectivity index (χ3n) is 5.31. The summed E-state index contributed by atoms with van der Waals surface area (Å²) in [6.07, 6.45) is 3.50. The van der Waals surface area contributed by atoms with Crippen molar-refractivity contribution in [2.24, 2.45) is 5.92 Å². The quantitative estimate of drug-likeness (QED) is 0.736. The lowest BCUT2D eigenvalue weighted by Crippen LogP contribution is -2.47. The third kappa shape index (κ3) is 6.29. The van der Waals surface area contributed by atoms with E-state index in [1.165, 1.54) is 24.1 Å². The molecule has 2 aliphatic rings. The minimum absolute atomic E-state index is 0.0161. The highest BCUT2D eigenvalue weighted by molar-refractivity contribution is 5.77. The predicted molar refractivity (Wildman–Crippen MR) is 106 cm³/mol. The summed E-state index contributed by atoms with van der Waals surface area (Å²) in [6, 6.07) is 8.94. The lowest BCUT2D eigenvalue weighted by molar-refractivity contribution is -0.126. The Balaban J connectivity index is 1.29. The molecule has 1 saturated heterocycles. The fourth-order valence-electron chi connectivity index (χ4n) is 3.42. The van der Waals surface area contributed by atoms with Crippen LogP contribution in [0.5, 0.6) is 0 Å². The molecule has 0 bridgehead atoms. The molecular weight excluding hydrogens is 326 g/mol. The van der Waals surface area contributed by atoms with Crippen LogP contribution in [0.15, 0.2) is 24.3 Å². The van der Waals surface area contributed by atoms with Crippen LogP contribution in [0.3, 0.4) is 0 Å². The number of nitrogens with zero attached hydrogens (tertiary/aromatic N) is 2. The first-order valence-electron chi connectivity index (χ1n) is 10.0. The number of aryl methyl sites for hydroxylation is 1. The predicted octanol–water partition coefficient (Wildman–Crippen LogP) is 2.44. The van der Waals surface area contributed by atoms with Gasteiger partial charge in [0.05, 0.1) is 6.61 Å². The number of rotatable bonds is 9. The Labute approximate surface area is 157 Å². The van der Waals surface area contributed by atoms with Gasteiger partial charge < -0.3 is 15.0 Å². The minimum atomic E-state index is 0.0161. The van der Waals surface area contributed by atoms with Gasteiger partial charge in [-0.1, -0.05) is 12.1 Å². The molecule has 1 saturated carbocycles. The van der Waals surface area contributed by atoms with Gasteiger partial charge in [0.1, 0.15) is 6.61 Å². The van der Waals surface area contributed by atoms with Crippen molar-refractivity contribution < 1.29 is 9.53 Å². The normalized spacial score (nSPS) is 19.4. The van der Waals surface area contributed by atoms with Crippen LogP contribution in [0, 0.1) is 12.8 Å². The van der Waals surface area contributed by atoms with Gasteiger partial charge in [-0.3, -0.25) is 9.69 Å². The van der Waals surface area contributed by atoms with E-state index >= 15 is 0 Å². The minimum Gasteiger partial charge on any atom is -0.371 e. The first-order valence-corrected chi connectivity index (χ1v) is 10.0. The van der Waals surface area contributed by atoms with Gasteiger partial charge in [-0.2, -0.15) is 0 Å². The number of benzene rings is 1. The van der Waals surface area contributed by atoms with Gasteiger partial charge in [-0.05, 0) is 56.7 Å². The standard InChI is InChI=1S/C21H33N3O2/c1-17-4-3-5-20(14-17)24-12-10-23(11-13-24)9-8-18(2)22-21(25)16-26-15-19-6-7-19/h3-5,14,18-19H,6-13,15-16H2,1-2H3,(H,22,25). The monoisotopic (exact) mass is 359 g/mol. The molecule has 3 rings (SSSR count). The zero-order valence-electron chi connectivity index (χ0n) is 16.2. The van der Waals surface area contributed by atoms with Crippen molar-refractivity contribution in [2.45, 2.75) is 39.2 Å². The molecule has 1 aromatic carbocycles. The molecule has 1 N–H and O–H groups in total. The second-order valence-corrected chi connectivity index (χ2v) is 7.88. The largest absolute Gasteiger partial charge is 0.371 e. The second-order valence-electron chi connectivity index (χ2n) is 7.88. The maximum absolute atomic E-state index is 11.9. The Morgan fingerprint density at radius 3 is 2.73 bits per heavy atom. The van der Waals surface area contributed by atoms with Crippen molar-refractivity contribution in [1.82, 2.24) is 10.2 Å².